The second-order valence-corrected chi connectivity index (χ2v) is 6.19. The first-order valence-corrected chi connectivity index (χ1v) is 8.92. The third-order valence-corrected chi connectivity index (χ3v) is 4.51. The molecule has 144 valence electrons. The van der Waals surface area contributed by atoms with Gasteiger partial charge >= 0.3 is 0 Å². The summed E-state index contributed by atoms with van der Waals surface area (Å²) in [6, 6.07) is 3.32. The van der Waals surface area contributed by atoms with Gasteiger partial charge in [-0.2, -0.15) is 0 Å². The van der Waals surface area contributed by atoms with Crippen molar-refractivity contribution in [2.45, 2.75) is 26.2 Å². The predicted octanol–water partition coefficient (Wildman–Crippen LogP) is 2.19. The second-order valence-electron chi connectivity index (χ2n) is 6.19. The molecule has 2 amide bonds. The zero-order chi connectivity index (χ0) is 19.1. The summed E-state index contributed by atoms with van der Waals surface area (Å²) in [4.78, 5) is 28.7. The molecule has 1 heterocycles. The maximum atomic E-state index is 13.0. The number of hydrogen-bond donors (Lipinski definition) is 0. The van der Waals surface area contributed by atoms with Crippen LogP contribution in [0.25, 0.3) is 0 Å². The molecule has 0 N–H and O–H groups in total. The van der Waals surface area contributed by atoms with Gasteiger partial charge in [-0.3, -0.25) is 9.59 Å². The quantitative estimate of drug-likeness (QED) is 0.774. The number of carbonyl (C=O) groups excluding carboxylic acids is 2. The highest BCUT2D eigenvalue weighted by Crippen LogP contribution is 2.38. The molecule has 0 spiro atoms. The van der Waals surface area contributed by atoms with Crippen LogP contribution >= 0.6 is 0 Å². The van der Waals surface area contributed by atoms with E-state index in [1.54, 1.807) is 17.0 Å². The Morgan fingerprint density at radius 1 is 0.923 bits per heavy atom. The van der Waals surface area contributed by atoms with Crippen LogP contribution in [0.5, 0.6) is 17.2 Å². The van der Waals surface area contributed by atoms with Gasteiger partial charge < -0.3 is 24.0 Å². The number of hydrogen-bond acceptors (Lipinski definition) is 5. The topological polar surface area (TPSA) is 68.3 Å². The predicted molar refractivity (Wildman–Crippen MR) is 98.1 cm³/mol. The summed E-state index contributed by atoms with van der Waals surface area (Å²) < 4.78 is 16.0. The van der Waals surface area contributed by atoms with E-state index >= 15 is 0 Å². The van der Waals surface area contributed by atoms with Gasteiger partial charge in [0.25, 0.3) is 5.91 Å². The maximum absolute atomic E-state index is 13.0. The summed E-state index contributed by atoms with van der Waals surface area (Å²) in [5.41, 5.74) is 0.479. The third-order valence-electron chi connectivity index (χ3n) is 4.51. The lowest BCUT2D eigenvalue weighted by molar-refractivity contribution is -0.131. The van der Waals surface area contributed by atoms with Crippen molar-refractivity contribution in [2.24, 2.45) is 0 Å². The van der Waals surface area contributed by atoms with Crippen molar-refractivity contribution in [1.29, 1.82) is 0 Å². The molecule has 1 aliphatic heterocycles. The van der Waals surface area contributed by atoms with Gasteiger partial charge in [0.15, 0.2) is 11.5 Å². The van der Waals surface area contributed by atoms with Crippen molar-refractivity contribution in [1.82, 2.24) is 9.80 Å². The molecule has 2 rings (SSSR count). The first-order valence-electron chi connectivity index (χ1n) is 8.92. The molecule has 0 aromatic heterocycles. The summed E-state index contributed by atoms with van der Waals surface area (Å²) in [7, 11) is 4.57. The highest BCUT2D eigenvalue weighted by molar-refractivity contribution is 5.95. The van der Waals surface area contributed by atoms with Gasteiger partial charge in [0.2, 0.25) is 11.7 Å². The second kappa shape index (κ2) is 9.31. The molecule has 7 nitrogen and oxygen atoms in total. The van der Waals surface area contributed by atoms with Crippen molar-refractivity contribution >= 4 is 11.8 Å². The fourth-order valence-corrected chi connectivity index (χ4v) is 3.13. The summed E-state index contributed by atoms with van der Waals surface area (Å²) in [5, 5.41) is 0. The summed E-state index contributed by atoms with van der Waals surface area (Å²) in [5.74, 6) is 1.41. The molecule has 1 fully saturated rings. The molecule has 0 radical (unpaired) electrons. The van der Waals surface area contributed by atoms with E-state index in [9.17, 15) is 9.59 Å². The number of amides is 2. The number of nitrogens with zero attached hydrogens (tertiary/aromatic N) is 2. The summed E-state index contributed by atoms with van der Waals surface area (Å²) in [6.07, 6.45) is 2.16. The number of ether oxygens (including phenoxy) is 3. The molecule has 26 heavy (non-hydrogen) atoms. The average molecular weight is 364 g/mol. The van der Waals surface area contributed by atoms with Crippen LogP contribution < -0.4 is 14.2 Å². The van der Waals surface area contributed by atoms with Crippen LogP contribution in [0, 0.1) is 0 Å². The van der Waals surface area contributed by atoms with Gasteiger partial charge in [-0.05, 0) is 25.0 Å². The van der Waals surface area contributed by atoms with E-state index in [4.69, 9.17) is 14.2 Å². The van der Waals surface area contributed by atoms with E-state index in [0.717, 1.165) is 12.8 Å². The number of carbonyl (C=O) groups is 2. The first kappa shape index (κ1) is 19.9. The molecule has 0 aliphatic carbocycles. The van der Waals surface area contributed by atoms with Gasteiger partial charge in [-0.25, -0.2) is 0 Å². The van der Waals surface area contributed by atoms with Crippen molar-refractivity contribution in [3.8, 4) is 17.2 Å². The third kappa shape index (κ3) is 4.39. The van der Waals surface area contributed by atoms with Gasteiger partial charge in [0, 0.05) is 38.2 Å². The molecular formula is C19H28N2O5. The zero-order valence-corrected chi connectivity index (χ0v) is 16.0. The molecule has 0 unspecified atom stereocenters. The van der Waals surface area contributed by atoms with Gasteiger partial charge in [-0.15, -0.1) is 0 Å². The molecule has 1 aromatic carbocycles. The monoisotopic (exact) mass is 364 g/mol. The minimum Gasteiger partial charge on any atom is -0.493 e. The Morgan fingerprint density at radius 2 is 1.50 bits per heavy atom. The van der Waals surface area contributed by atoms with Crippen molar-refractivity contribution in [3.05, 3.63) is 17.7 Å². The Labute approximate surface area is 154 Å². The summed E-state index contributed by atoms with van der Waals surface area (Å²) >= 11 is 0. The number of benzene rings is 1. The zero-order valence-electron chi connectivity index (χ0n) is 16.0. The van der Waals surface area contributed by atoms with E-state index < -0.39 is 0 Å². The standard InChI is InChI=1S/C19H28N2O5/c1-5-7-17(22)20-8-6-9-21(11-10-20)19(23)14-12-15(24-2)18(26-4)16(13-14)25-3/h12-13H,5-11H2,1-4H3. The molecule has 0 bridgehead atoms. The van der Waals surface area contributed by atoms with Crippen molar-refractivity contribution in [3.63, 3.8) is 0 Å². The Hall–Kier alpha value is -2.44. The Balaban J connectivity index is 2.17. The van der Waals surface area contributed by atoms with Crippen LogP contribution in [-0.2, 0) is 4.79 Å². The Bertz CT molecular complexity index is 622. The minimum atomic E-state index is -0.103. The van der Waals surface area contributed by atoms with Crippen LogP contribution in [-0.4, -0.2) is 69.1 Å². The van der Waals surface area contributed by atoms with E-state index in [2.05, 4.69) is 0 Å². The average Bonchev–Trinajstić information content (AvgIpc) is 2.92. The number of rotatable bonds is 6. The molecule has 0 atom stereocenters. The molecule has 1 aromatic rings. The van der Waals surface area contributed by atoms with E-state index in [-0.39, 0.29) is 11.8 Å². The molecular weight excluding hydrogens is 336 g/mol. The van der Waals surface area contributed by atoms with E-state index in [0.29, 0.717) is 55.4 Å². The van der Waals surface area contributed by atoms with E-state index in [1.165, 1.54) is 21.3 Å². The lowest BCUT2D eigenvalue weighted by atomic mass is 10.1. The first-order chi connectivity index (χ1) is 12.5. The van der Waals surface area contributed by atoms with Crippen LogP contribution in [0.15, 0.2) is 12.1 Å². The van der Waals surface area contributed by atoms with Gasteiger partial charge in [0.1, 0.15) is 0 Å². The SMILES string of the molecule is CCCC(=O)N1CCCN(C(=O)c2cc(OC)c(OC)c(OC)c2)CC1. The molecule has 1 aliphatic rings. The lowest BCUT2D eigenvalue weighted by Crippen LogP contribution is -2.37. The fraction of sp³-hybridized carbons (Fsp3) is 0.579. The number of methoxy groups -OCH3 is 3. The highest BCUT2D eigenvalue weighted by Gasteiger charge is 2.24. The maximum Gasteiger partial charge on any atom is 0.254 e. The highest BCUT2D eigenvalue weighted by atomic mass is 16.5. The minimum absolute atomic E-state index is 0.103. The molecule has 7 heteroatoms. The largest absolute Gasteiger partial charge is 0.493 e. The fourth-order valence-electron chi connectivity index (χ4n) is 3.13. The Kier molecular flexibility index (Phi) is 7.12. The van der Waals surface area contributed by atoms with Crippen LogP contribution in [0.1, 0.15) is 36.5 Å². The molecule has 0 saturated carbocycles. The smallest absolute Gasteiger partial charge is 0.254 e. The molecule has 1 saturated heterocycles. The lowest BCUT2D eigenvalue weighted by Gasteiger charge is -2.23. The van der Waals surface area contributed by atoms with Crippen LogP contribution in [0.4, 0.5) is 0 Å². The Morgan fingerprint density at radius 3 is 2.04 bits per heavy atom. The normalized spacial score (nSPS) is 14.6. The van der Waals surface area contributed by atoms with Crippen molar-refractivity contribution < 1.29 is 23.8 Å². The van der Waals surface area contributed by atoms with Gasteiger partial charge in [0.05, 0.1) is 21.3 Å². The van der Waals surface area contributed by atoms with Crippen LogP contribution in [0.2, 0.25) is 0 Å². The van der Waals surface area contributed by atoms with E-state index in [1.807, 2.05) is 11.8 Å². The van der Waals surface area contributed by atoms with Crippen molar-refractivity contribution in [2.75, 3.05) is 47.5 Å². The summed E-state index contributed by atoms with van der Waals surface area (Å²) in [6.45, 7) is 4.39. The van der Waals surface area contributed by atoms with Gasteiger partial charge in [-0.1, -0.05) is 6.92 Å². The van der Waals surface area contributed by atoms with Crippen LogP contribution in [0.3, 0.4) is 0 Å².